The van der Waals surface area contributed by atoms with Gasteiger partial charge in [-0.1, -0.05) is 60.7 Å². The van der Waals surface area contributed by atoms with Gasteiger partial charge < -0.3 is 16.0 Å². The molecule has 0 aliphatic rings. The molecule has 0 saturated heterocycles. The number of halogens is 4. The molecule has 0 bridgehead atoms. The third-order valence-corrected chi connectivity index (χ3v) is 7.82. The number of hydrogen-bond acceptors (Lipinski definition) is 5. The van der Waals surface area contributed by atoms with Crippen LogP contribution < -0.4 is 16.0 Å². The number of aromatic nitrogens is 1. The fourth-order valence-electron chi connectivity index (χ4n) is 4.32. The molecule has 1 unspecified atom stereocenters. The molecule has 1 aromatic heterocycles. The van der Waals surface area contributed by atoms with Crippen LogP contribution in [-0.2, 0) is 9.59 Å². The van der Waals surface area contributed by atoms with E-state index in [0.717, 1.165) is 11.8 Å². The van der Waals surface area contributed by atoms with Crippen LogP contribution in [0.25, 0.3) is 6.08 Å². The monoisotopic (exact) mass is 656 g/mol. The Morgan fingerprint density at radius 2 is 1.43 bits per heavy atom. The van der Waals surface area contributed by atoms with Crippen molar-refractivity contribution in [2.75, 3.05) is 10.6 Å². The van der Waals surface area contributed by atoms with Crippen LogP contribution in [0.1, 0.15) is 26.7 Å². The van der Waals surface area contributed by atoms with E-state index in [0.29, 0.717) is 27.3 Å². The molecule has 0 fully saturated rings. The van der Waals surface area contributed by atoms with Crippen molar-refractivity contribution in [1.29, 1.82) is 0 Å². The van der Waals surface area contributed by atoms with Gasteiger partial charge in [-0.25, -0.2) is 17.6 Å². The summed E-state index contributed by atoms with van der Waals surface area (Å²) in [6, 6.07) is 26.3. The molecule has 0 saturated carbocycles. The molecule has 236 valence electrons. The summed E-state index contributed by atoms with van der Waals surface area (Å²) >= 11 is 0.961. The van der Waals surface area contributed by atoms with Gasteiger partial charge in [-0.2, -0.15) is 0 Å². The van der Waals surface area contributed by atoms with Gasteiger partial charge in [0.15, 0.2) is 23.3 Å². The van der Waals surface area contributed by atoms with Gasteiger partial charge in [-0.15, -0.1) is 11.8 Å². The number of rotatable bonds is 10. The molecule has 47 heavy (non-hydrogen) atoms. The summed E-state index contributed by atoms with van der Waals surface area (Å²) in [5.41, 5.74) is 0.285. The van der Waals surface area contributed by atoms with Crippen molar-refractivity contribution in [1.82, 2.24) is 10.3 Å². The Hall–Kier alpha value is -5.75. The van der Waals surface area contributed by atoms with Crippen molar-refractivity contribution in [3.8, 4) is 0 Å². The van der Waals surface area contributed by atoms with E-state index in [1.165, 1.54) is 12.3 Å². The zero-order valence-electron chi connectivity index (χ0n) is 24.2. The Morgan fingerprint density at radius 3 is 2.09 bits per heavy atom. The molecule has 0 aliphatic heterocycles. The number of amides is 3. The summed E-state index contributed by atoms with van der Waals surface area (Å²) in [6.07, 6.45) is 4.55. The summed E-state index contributed by atoms with van der Waals surface area (Å²) in [6.45, 7) is 0. The lowest BCUT2D eigenvalue weighted by atomic mass is 10.1. The largest absolute Gasteiger partial charge is 0.321 e. The van der Waals surface area contributed by atoms with Crippen LogP contribution in [0.3, 0.4) is 0 Å². The minimum absolute atomic E-state index is 0.0496. The van der Waals surface area contributed by atoms with Crippen molar-refractivity contribution >= 4 is 46.9 Å². The summed E-state index contributed by atoms with van der Waals surface area (Å²) in [7, 11) is 0. The molecule has 1 atom stereocenters. The van der Waals surface area contributed by atoms with Crippen molar-refractivity contribution < 1.29 is 31.9 Å². The van der Waals surface area contributed by atoms with Gasteiger partial charge in [0.25, 0.3) is 11.8 Å². The maximum absolute atomic E-state index is 14.4. The van der Waals surface area contributed by atoms with Gasteiger partial charge in [0.05, 0.1) is 0 Å². The quantitative estimate of drug-likeness (QED) is 0.0625. The topological polar surface area (TPSA) is 100 Å². The maximum atomic E-state index is 14.4. The van der Waals surface area contributed by atoms with Crippen LogP contribution in [0.15, 0.2) is 126 Å². The van der Waals surface area contributed by atoms with E-state index >= 15 is 0 Å². The average molecular weight is 657 g/mol. The number of hydrogen-bond donors (Lipinski definition) is 3. The van der Waals surface area contributed by atoms with E-state index < -0.39 is 51.9 Å². The van der Waals surface area contributed by atoms with E-state index in [1.807, 2.05) is 5.32 Å². The van der Waals surface area contributed by atoms with Crippen LogP contribution in [0, 0.1) is 23.3 Å². The number of nitrogens with one attached hydrogen (secondary N) is 3. The van der Waals surface area contributed by atoms with Gasteiger partial charge >= 0.3 is 0 Å². The molecule has 3 N–H and O–H groups in total. The molecule has 1 heterocycles. The average Bonchev–Trinajstić information content (AvgIpc) is 3.09. The molecule has 3 amide bonds. The zero-order valence-corrected chi connectivity index (χ0v) is 25.0. The summed E-state index contributed by atoms with van der Waals surface area (Å²) in [5.74, 6) is -8.93. The second kappa shape index (κ2) is 15.0. The summed E-state index contributed by atoms with van der Waals surface area (Å²) < 4.78 is 56.4. The van der Waals surface area contributed by atoms with E-state index in [2.05, 4.69) is 15.6 Å². The van der Waals surface area contributed by atoms with E-state index in [9.17, 15) is 31.9 Å². The number of thioether (sulfide) groups is 1. The van der Waals surface area contributed by atoms with Gasteiger partial charge in [0.1, 0.15) is 16.6 Å². The normalized spacial score (nSPS) is 11.8. The molecular formula is C35H24F4N4O3S. The molecule has 0 spiro atoms. The molecular weight excluding hydrogens is 632 g/mol. The fraction of sp³-hybridized carbons (Fsp3) is 0.0286. The van der Waals surface area contributed by atoms with E-state index in [-0.39, 0.29) is 11.8 Å². The highest BCUT2D eigenvalue weighted by Crippen LogP contribution is 2.38. The van der Waals surface area contributed by atoms with Gasteiger partial charge in [0.2, 0.25) is 5.91 Å². The number of carbonyl (C=O) groups is 3. The predicted octanol–water partition coefficient (Wildman–Crippen LogP) is 7.52. The molecule has 5 rings (SSSR count). The first-order chi connectivity index (χ1) is 22.7. The van der Waals surface area contributed by atoms with Crippen LogP contribution in [-0.4, -0.2) is 22.7 Å². The van der Waals surface area contributed by atoms with Crippen LogP contribution in [0.4, 0.5) is 28.9 Å². The second-order valence-corrected chi connectivity index (χ2v) is 11.1. The number of pyridine rings is 1. The minimum Gasteiger partial charge on any atom is -0.321 e. The first-order valence-electron chi connectivity index (χ1n) is 13.9. The van der Waals surface area contributed by atoms with Gasteiger partial charge in [-0.05, 0) is 53.6 Å². The highest BCUT2D eigenvalue weighted by molar-refractivity contribution is 8.00. The maximum Gasteiger partial charge on any atom is 0.272 e. The molecule has 5 aromatic rings. The highest BCUT2D eigenvalue weighted by atomic mass is 32.2. The van der Waals surface area contributed by atoms with Crippen molar-refractivity contribution in [2.45, 2.75) is 10.1 Å². The molecule has 12 heteroatoms. The second-order valence-electron chi connectivity index (χ2n) is 9.89. The lowest BCUT2D eigenvalue weighted by Gasteiger charge is -2.18. The van der Waals surface area contributed by atoms with E-state index in [4.69, 9.17) is 0 Å². The number of anilines is 2. The summed E-state index contributed by atoms with van der Waals surface area (Å²) in [5, 5.41) is 6.21. The first kappa shape index (κ1) is 32.6. The summed E-state index contributed by atoms with van der Waals surface area (Å²) in [4.78, 5) is 44.2. The third kappa shape index (κ3) is 8.30. The number of benzene rings is 4. The Labute approximate surface area is 270 Å². The van der Waals surface area contributed by atoms with E-state index in [1.54, 1.807) is 103 Å². The van der Waals surface area contributed by atoms with Crippen molar-refractivity contribution in [3.63, 3.8) is 0 Å². The standard InChI is InChI=1S/C35H24F4N4O3S/c36-26-19-27(37)30(39)31(29(26)38)43-35(46)32(22-10-3-1-4-11-22)47-25-15-7-14-24(18-25)41-34(45)28(17-21-9-8-16-40-20-21)42-33(44)23-12-5-2-6-13-23/h1-20,32H,(H,41,45)(H,42,44)(H,43,46)/b28-17-. The van der Waals surface area contributed by atoms with Crippen LogP contribution in [0.5, 0.6) is 0 Å². The molecule has 0 aliphatic carbocycles. The Balaban J connectivity index is 1.39. The number of carbonyl (C=O) groups excluding carboxylic acids is 3. The minimum atomic E-state index is -1.74. The SMILES string of the molecule is O=C(Nc1cccc(SC(C(=O)Nc2c(F)c(F)cc(F)c2F)c2ccccc2)c1)/C(=C/c1cccnc1)NC(=O)c1ccccc1. The molecule has 4 aromatic carbocycles. The lowest BCUT2D eigenvalue weighted by Crippen LogP contribution is -2.30. The van der Waals surface area contributed by atoms with Crippen molar-refractivity contribution in [3.05, 3.63) is 161 Å². The van der Waals surface area contributed by atoms with Gasteiger partial charge in [0, 0.05) is 34.6 Å². The highest BCUT2D eigenvalue weighted by Gasteiger charge is 2.27. The molecule has 7 nitrogen and oxygen atoms in total. The first-order valence-corrected chi connectivity index (χ1v) is 14.8. The number of nitrogens with zero attached hydrogens (tertiary/aromatic N) is 1. The lowest BCUT2D eigenvalue weighted by molar-refractivity contribution is -0.116. The smallest absolute Gasteiger partial charge is 0.272 e. The van der Waals surface area contributed by atoms with Gasteiger partial charge in [-0.3, -0.25) is 19.4 Å². The molecule has 0 radical (unpaired) electrons. The zero-order chi connectivity index (χ0) is 33.3. The predicted molar refractivity (Wildman–Crippen MR) is 171 cm³/mol. The Bertz CT molecular complexity index is 1920. The third-order valence-electron chi connectivity index (χ3n) is 6.57. The Kier molecular flexibility index (Phi) is 10.4. The van der Waals surface area contributed by atoms with Crippen LogP contribution >= 0.6 is 11.8 Å². The Morgan fingerprint density at radius 1 is 0.745 bits per heavy atom. The van der Waals surface area contributed by atoms with Crippen LogP contribution in [0.2, 0.25) is 0 Å². The fourth-order valence-corrected chi connectivity index (χ4v) is 5.41. The van der Waals surface area contributed by atoms with Crippen molar-refractivity contribution in [2.24, 2.45) is 0 Å².